The van der Waals surface area contributed by atoms with Crippen LogP contribution in [0.15, 0.2) is 0 Å². The molecule has 0 nitrogen and oxygen atoms in total. The third-order valence-corrected chi connectivity index (χ3v) is 6.74. The highest BCUT2D eigenvalue weighted by atomic mass is 14.6. The van der Waals surface area contributed by atoms with E-state index in [-0.39, 0.29) is 0 Å². The van der Waals surface area contributed by atoms with E-state index in [4.69, 9.17) is 0 Å². The van der Waals surface area contributed by atoms with Crippen molar-refractivity contribution in [3.8, 4) is 0 Å². The van der Waals surface area contributed by atoms with Crippen molar-refractivity contribution in [2.45, 2.75) is 64.2 Å². The van der Waals surface area contributed by atoms with E-state index in [2.05, 4.69) is 0 Å². The Balaban J connectivity index is 1.67. The van der Waals surface area contributed by atoms with Crippen LogP contribution in [0.1, 0.15) is 64.2 Å². The highest BCUT2D eigenvalue weighted by molar-refractivity contribution is 5.00. The van der Waals surface area contributed by atoms with E-state index < -0.39 is 0 Å². The first-order chi connectivity index (χ1) is 7.93. The van der Waals surface area contributed by atoms with Gasteiger partial charge in [0.2, 0.25) is 0 Å². The Labute approximate surface area is 100 Å². The lowest BCUT2D eigenvalue weighted by atomic mass is 9.48. The van der Waals surface area contributed by atoms with Crippen LogP contribution in [0, 0.1) is 35.5 Å². The van der Waals surface area contributed by atoms with Crippen molar-refractivity contribution in [3.63, 3.8) is 0 Å². The lowest BCUT2D eigenvalue weighted by Gasteiger charge is -2.57. The van der Waals surface area contributed by atoms with Crippen molar-refractivity contribution in [1.29, 1.82) is 0 Å². The zero-order chi connectivity index (χ0) is 10.5. The van der Waals surface area contributed by atoms with Gasteiger partial charge in [0.15, 0.2) is 0 Å². The van der Waals surface area contributed by atoms with E-state index in [9.17, 15) is 0 Å². The first-order valence-electron chi connectivity index (χ1n) is 7.93. The fraction of sp³-hybridized carbons (Fsp3) is 1.00. The molecule has 0 aromatic heterocycles. The molecule has 0 radical (unpaired) electrons. The van der Waals surface area contributed by atoms with E-state index in [1.165, 1.54) is 35.5 Å². The molecule has 4 aliphatic rings. The van der Waals surface area contributed by atoms with Crippen LogP contribution in [0.25, 0.3) is 0 Å². The van der Waals surface area contributed by atoms with Gasteiger partial charge in [-0.2, -0.15) is 0 Å². The van der Waals surface area contributed by atoms with Crippen LogP contribution < -0.4 is 0 Å². The zero-order valence-corrected chi connectivity index (χ0v) is 10.5. The Hall–Kier alpha value is 0. The van der Waals surface area contributed by atoms with E-state index in [1.807, 2.05) is 0 Å². The molecule has 2 unspecified atom stereocenters. The molecule has 4 fully saturated rings. The third-order valence-electron chi connectivity index (χ3n) is 6.74. The molecule has 90 valence electrons. The molecule has 4 rings (SSSR count). The predicted molar refractivity (Wildman–Crippen MR) is 67.1 cm³/mol. The van der Waals surface area contributed by atoms with Gasteiger partial charge in [-0.05, 0) is 61.2 Å². The summed E-state index contributed by atoms with van der Waals surface area (Å²) in [5.74, 6) is 7.07. The quantitative estimate of drug-likeness (QED) is 0.555. The Morgan fingerprint density at radius 2 is 0.688 bits per heavy atom. The summed E-state index contributed by atoms with van der Waals surface area (Å²) < 4.78 is 0. The molecule has 0 spiro atoms. The van der Waals surface area contributed by atoms with Crippen LogP contribution in [0.2, 0.25) is 0 Å². The molecule has 0 aromatic carbocycles. The summed E-state index contributed by atoms with van der Waals surface area (Å²) in [5.41, 5.74) is 0. The summed E-state index contributed by atoms with van der Waals surface area (Å²) in [7, 11) is 0. The topological polar surface area (TPSA) is 0 Å². The number of hydrogen-bond donors (Lipinski definition) is 0. The molecular weight excluding hydrogens is 192 g/mol. The van der Waals surface area contributed by atoms with Gasteiger partial charge < -0.3 is 0 Å². The summed E-state index contributed by atoms with van der Waals surface area (Å²) in [4.78, 5) is 0. The normalized spacial score (nSPS) is 55.5. The molecule has 0 saturated heterocycles. The average molecular weight is 218 g/mol. The van der Waals surface area contributed by atoms with E-state index in [0.29, 0.717) is 0 Å². The minimum atomic E-state index is 1.17. The Morgan fingerprint density at radius 3 is 1.00 bits per heavy atom. The van der Waals surface area contributed by atoms with Crippen molar-refractivity contribution >= 4 is 0 Å². The van der Waals surface area contributed by atoms with Crippen molar-refractivity contribution < 1.29 is 0 Å². The first kappa shape index (κ1) is 9.97. The fourth-order valence-electron chi connectivity index (χ4n) is 6.28. The molecule has 0 heteroatoms. The monoisotopic (exact) mass is 218 g/mol. The van der Waals surface area contributed by atoms with Gasteiger partial charge in [-0.25, -0.2) is 0 Å². The van der Waals surface area contributed by atoms with Gasteiger partial charge in [-0.1, -0.05) is 38.5 Å². The highest BCUT2D eigenvalue weighted by Crippen LogP contribution is 2.59. The third kappa shape index (κ3) is 1.34. The van der Waals surface area contributed by atoms with E-state index in [0.717, 1.165) is 0 Å². The second-order valence-electron chi connectivity index (χ2n) is 7.21. The second-order valence-corrected chi connectivity index (χ2v) is 7.21. The maximum absolute atomic E-state index is 1.61. The Bertz CT molecular complexity index is 217. The molecule has 0 heterocycles. The largest absolute Gasteiger partial charge is 0.0528 e. The lowest BCUT2D eigenvalue weighted by Crippen LogP contribution is -2.49. The van der Waals surface area contributed by atoms with Crippen molar-refractivity contribution in [1.82, 2.24) is 0 Å². The second kappa shape index (κ2) is 3.75. The highest BCUT2D eigenvalue weighted by Gasteiger charge is 2.50. The summed E-state index contributed by atoms with van der Waals surface area (Å²) in [6.07, 6.45) is 15.9. The maximum atomic E-state index is 1.61. The molecule has 4 aliphatic carbocycles. The van der Waals surface area contributed by atoms with Crippen LogP contribution in [0.5, 0.6) is 0 Å². The summed E-state index contributed by atoms with van der Waals surface area (Å²) >= 11 is 0. The fourth-order valence-corrected chi connectivity index (χ4v) is 6.28. The van der Waals surface area contributed by atoms with Crippen molar-refractivity contribution in [2.75, 3.05) is 0 Å². The first-order valence-corrected chi connectivity index (χ1v) is 7.93. The van der Waals surface area contributed by atoms with Gasteiger partial charge in [0, 0.05) is 0 Å². The average Bonchev–Trinajstić information content (AvgIpc) is 2.36. The molecule has 0 N–H and O–H groups in total. The van der Waals surface area contributed by atoms with Crippen LogP contribution in [0.3, 0.4) is 0 Å². The summed E-state index contributed by atoms with van der Waals surface area (Å²) in [5, 5.41) is 0. The SMILES string of the molecule is C1C[C@@H]2CC[C@H]3CCC[C@H]4CC[C@H](C1)C2C34. The van der Waals surface area contributed by atoms with Gasteiger partial charge in [0.25, 0.3) is 0 Å². The molecule has 0 bridgehead atoms. The minimum absolute atomic E-state index is 1.17. The standard InChI is InChI=1S/C16H26/c1-3-11-7-9-13-5-2-6-14-10-8-12(4-1)15(11)16(13)14/h11-16H,1-10H2/t11-,12+,13-,14+,15?,16?. The molecule has 0 aliphatic heterocycles. The zero-order valence-electron chi connectivity index (χ0n) is 10.5. The Kier molecular flexibility index (Phi) is 2.34. The smallest absolute Gasteiger partial charge is 0.0324 e. The van der Waals surface area contributed by atoms with Crippen LogP contribution in [0.4, 0.5) is 0 Å². The van der Waals surface area contributed by atoms with E-state index in [1.54, 1.807) is 64.2 Å². The minimum Gasteiger partial charge on any atom is -0.0528 e. The van der Waals surface area contributed by atoms with Gasteiger partial charge in [0.1, 0.15) is 0 Å². The van der Waals surface area contributed by atoms with Gasteiger partial charge >= 0.3 is 0 Å². The molecule has 0 amide bonds. The van der Waals surface area contributed by atoms with E-state index >= 15 is 0 Å². The summed E-state index contributed by atoms with van der Waals surface area (Å²) in [6, 6.07) is 0. The van der Waals surface area contributed by atoms with Crippen molar-refractivity contribution in [3.05, 3.63) is 0 Å². The number of rotatable bonds is 0. The molecule has 0 aromatic rings. The van der Waals surface area contributed by atoms with Crippen LogP contribution in [-0.2, 0) is 0 Å². The summed E-state index contributed by atoms with van der Waals surface area (Å²) in [6.45, 7) is 0. The van der Waals surface area contributed by atoms with Crippen molar-refractivity contribution in [2.24, 2.45) is 35.5 Å². The number of hydrogen-bond acceptors (Lipinski definition) is 0. The van der Waals surface area contributed by atoms with Gasteiger partial charge in [-0.15, -0.1) is 0 Å². The molecule has 16 heavy (non-hydrogen) atoms. The predicted octanol–water partition coefficient (Wildman–Crippen LogP) is 4.64. The maximum Gasteiger partial charge on any atom is -0.0324 e. The molecule has 6 atom stereocenters. The molecular formula is C16H26. The Morgan fingerprint density at radius 1 is 0.375 bits per heavy atom. The van der Waals surface area contributed by atoms with Gasteiger partial charge in [0.05, 0.1) is 0 Å². The van der Waals surface area contributed by atoms with Gasteiger partial charge in [-0.3, -0.25) is 0 Å². The molecule has 4 saturated carbocycles. The van der Waals surface area contributed by atoms with Crippen LogP contribution in [-0.4, -0.2) is 0 Å². The van der Waals surface area contributed by atoms with Crippen LogP contribution >= 0.6 is 0 Å². The lowest BCUT2D eigenvalue weighted by molar-refractivity contribution is -0.0760.